The number of rotatable bonds is 7. The number of carbonyl (C=O) groups excluding carboxylic acids is 2. The number of aryl methyl sites for hydroxylation is 1. The fourth-order valence-corrected chi connectivity index (χ4v) is 4.44. The first-order chi connectivity index (χ1) is 18.9. The van der Waals surface area contributed by atoms with E-state index in [0.717, 1.165) is 16.3 Å². The summed E-state index contributed by atoms with van der Waals surface area (Å²) >= 11 is 0. The smallest absolute Gasteiger partial charge is 0.256 e. The summed E-state index contributed by atoms with van der Waals surface area (Å²) in [4.78, 5) is 29.5. The fraction of sp³-hybridized carbons (Fsp3) is 0.129. The zero-order valence-corrected chi connectivity index (χ0v) is 22.0. The molecule has 196 valence electrons. The number of nitrogens with one attached hydrogen (secondary N) is 2. The maximum atomic E-state index is 13.4. The number of pyridine rings is 1. The molecule has 39 heavy (non-hydrogen) atoms. The van der Waals surface area contributed by atoms with Crippen molar-refractivity contribution in [2.24, 2.45) is 0 Å². The van der Waals surface area contributed by atoms with Gasteiger partial charge in [0.15, 0.2) is 0 Å². The number of methoxy groups -OCH3 is 2. The van der Waals surface area contributed by atoms with Gasteiger partial charge in [0.25, 0.3) is 5.91 Å². The molecule has 5 rings (SSSR count). The second-order valence-corrected chi connectivity index (χ2v) is 8.96. The lowest BCUT2D eigenvalue weighted by Crippen LogP contribution is -2.12. The van der Waals surface area contributed by atoms with Crippen LogP contribution in [0.1, 0.15) is 22.8 Å². The first-order valence-corrected chi connectivity index (χ1v) is 12.3. The number of carbonyl (C=O) groups is 2. The first kappa shape index (κ1) is 25.5. The van der Waals surface area contributed by atoms with Gasteiger partial charge in [0.1, 0.15) is 23.0 Å². The monoisotopic (exact) mass is 521 g/mol. The molecule has 0 atom stereocenters. The minimum absolute atomic E-state index is 0.182. The summed E-state index contributed by atoms with van der Waals surface area (Å²) in [6.45, 7) is 3.38. The molecule has 2 N–H and O–H groups in total. The molecule has 0 aliphatic heterocycles. The number of amides is 2. The first-order valence-electron chi connectivity index (χ1n) is 12.3. The van der Waals surface area contributed by atoms with E-state index in [2.05, 4.69) is 15.6 Å². The summed E-state index contributed by atoms with van der Waals surface area (Å²) in [6.07, 6.45) is 1.63. The van der Waals surface area contributed by atoms with E-state index < -0.39 is 0 Å². The number of fused-ring (bicyclic) bond motifs is 2. The molecule has 0 aliphatic carbocycles. The van der Waals surface area contributed by atoms with E-state index in [1.54, 1.807) is 50.7 Å². The second kappa shape index (κ2) is 10.7. The Morgan fingerprint density at radius 2 is 1.62 bits per heavy atom. The normalized spacial score (nSPS) is 10.8. The maximum Gasteiger partial charge on any atom is 0.256 e. The third-order valence-corrected chi connectivity index (χ3v) is 6.36. The lowest BCUT2D eigenvalue weighted by molar-refractivity contribution is -0.114. The van der Waals surface area contributed by atoms with Crippen molar-refractivity contribution in [3.8, 4) is 23.0 Å². The highest BCUT2D eigenvalue weighted by molar-refractivity contribution is 6.14. The Kier molecular flexibility index (Phi) is 7.01. The van der Waals surface area contributed by atoms with Gasteiger partial charge in [0, 0.05) is 46.6 Å². The molecule has 0 spiro atoms. The van der Waals surface area contributed by atoms with E-state index in [4.69, 9.17) is 14.2 Å². The second-order valence-electron chi connectivity index (χ2n) is 8.96. The summed E-state index contributed by atoms with van der Waals surface area (Å²) in [7, 11) is 3.18. The molecule has 5 aromatic rings. The van der Waals surface area contributed by atoms with E-state index >= 15 is 0 Å². The minimum atomic E-state index is -0.278. The lowest BCUT2D eigenvalue weighted by atomic mass is 10.0. The average molecular weight is 522 g/mol. The molecule has 0 saturated heterocycles. The van der Waals surface area contributed by atoms with Crippen LogP contribution in [0, 0.1) is 6.92 Å². The summed E-state index contributed by atoms with van der Waals surface area (Å²) in [5, 5.41) is 8.06. The largest absolute Gasteiger partial charge is 0.497 e. The van der Waals surface area contributed by atoms with Gasteiger partial charge in [-0.05, 0) is 67.1 Å². The number of hydrogen-bond donors (Lipinski definition) is 2. The van der Waals surface area contributed by atoms with Gasteiger partial charge in [-0.25, -0.2) is 0 Å². The molecular weight excluding hydrogens is 494 g/mol. The predicted molar refractivity (Wildman–Crippen MR) is 152 cm³/mol. The van der Waals surface area contributed by atoms with Crippen molar-refractivity contribution in [3.63, 3.8) is 0 Å². The van der Waals surface area contributed by atoms with Crippen molar-refractivity contribution in [2.45, 2.75) is 13.8 Å². The van der Waals surface area contributed by atoms with E-state index in [9.17, 15) is 9.59 Å². The number of benzene rings is 4. The van der Waals surface area contributed by atoms with Gasteiger partial charge < -0.3 is 24.8 Å². The molecule has 1 aromatic heterocycles. The summed E-state index contributed by atoms with van der Waals surface area (Å²) in [6, 6.07) is 21.8. The van der Waals surface area contributed by atoms with Crippen LogP contribution in [0.4, 0.5) is 11.4 Å². The van der Waals surface area contributed by atoms with Crippen molar-refractivity contribution in [3.05, 3.63) is 90.1 Å². The molecular formula is C31H27N3O5. The van der Waals surface area contributed by atoms with Gasteiger partial charge in [-0.15, -0.1) is 0 Å². The Bertz CT molecular complexity index is 1730. The lowest BCUT2D eigenvalue weighted by Gasteiger charge is -2.15. The predicted octanol–water partition coefficient (Wildman–Crippen LogP) is 6.72. The maximum absolute atomic E-state index is 13.4. The SMILES string of the molecule is COc1ccc2c(OC)ccc(C(=O)Nc3ccc(C)c(Oc4ccnc5c(NC(C)=O)cccc45)c3)c2c1. The molecule has 0 aliphatic rings. The standard InChI is InChI=1S/C31H27N3O5/c1-18-8-9-20(34-31(36)23-12-13-27(38-4)22-11-10-21(37-3)17-25(22)23)16-29(18)39-28-14-15-32-30-24(28)6-5-7-26(30)33-19(2)35/h5-17H,1-4H3,(H,33,35)(H,34,36). The van der Waals surface area contributed by atoms with Crippen LogP contribution in [0.2, 0.25) is 0 Å². The van der Waals surface area contributed by atoms with Crippen molar-refractivity contribution in [1.29, 1.82) is 0 Å². The zero-order chi connectivity index (χ0) is 27.5. The molecule has 4 aromatic carbocycles. The van der Waals surface area contributed by atoms with Crippen LogP contribution in [0.15, 0.2) is 79.0 Å². The van der Waals surface area contributed by atoms with Crippen molar-refractivity contribution in [2.75, 3.05) is 24.9 Å². The highest BCUT2D eigenvalue weighted by Gasteiger charge is 2.16. The van der Waals surface area contributed by atoms with Gasteiger partial charge in [0.2, 0.25) is 5.91 Å². The molecule has 1 heterocycles. The van der Waals surface area contributed by atoms with Crippen LogP contribution < -0.4 is 24.8 Å². The summed E-state index contributed by atoms with van der Waals surface area (Å²) in [5.41, 5.74) is 3.17. The number of para-hydroxylation sites is 1. The number of ether oxygens (including phenoxy) is 3. The van der Waals surface area contributed by atoms with Gasteiger partial charge >= 0.3 is 0 Å². The van der Waals surface area contributed by atoms with Crippen LogP contribution in [-0.2, 0) is 4.79 Å². The van der Waals surface area contributed by atoms with Gasteiger partial charge in [-0.1, -0.05) is 12.1 Å². The molecule has 2 amide bonds. The van der Waals surface area contributed by atoms with E-state index in [1.165, 1.54) is 6.92 Å². The third kappa shape index (κ3) is 5.17. The zero-order valence-electron chi connectivity index (χ0n) is 22.0. The Morgan fingerprint density at radius 1 is 0.769 bits per heavy atom. The minimum Gasteiger partial charge on any atom is -0.497 e. The Labute approximate surface area is 225 Å². The van der Waals surface area contributed by atoms with Crippen LogP contribution >= 0.6 is 0 Å². The highest BCUT2D eigenvalue weighted by atomic mass is 16.5. The van der Waals surface area contributed by atoms with E-state index in [0.29, 0.717) is 50.8 Å². The Balaban J connectivity index is 1.46. The van der Waals surface area contributed by atoms with Crippen molar-refractivity contribution < 1.29 is 23.8 Å². The van der Waals surface area contributed by atoms with Crippen LogP contribution in [0.25, 0.3) is 21.7 Å². The third-order valence-electron chi connectivity index (χ3n) is 6.36. The van der Waals surface area contributed by atoms with Crippen LogP contribution in [-0.4, -0.2) is 31.0 Å². The summed E-state index contributed by atoms with van der Waals surface area (Å²) < 4.78 is 17.2. The van der Waals surface area contributed by atoms with Crippen molar-refractivity contribution in [1.82, 2.24) is 4.98 Å². The van der Waals surface area contributed by atoms with Gasteiger partial charge in [-0.3, -0.25) is 14.6 Å². The molecule has 8 heteroatoms. The number of nitrogens with zero attached hydrogens (tertiary/aromatic N) is 1. The molecule has 0 saturated carbocycles. The highest BCUT2D eigenvalue weighted by Crippen LogP contribution is 2.35. The summed E-state index contributed by atoms with van der Waals surface area (Å²) in [5.74, 6) is 2.00. The topological polar surface area (TPSA) is 98.8 Å². The van der Waals surface area contributed by atoms with Crippen LogP contribution in [0.5, 0.6) is 23.0 Å². The Morgan fingerprint density at radius 3 is 2.38 bits per heavy atom. The van der Waals surface area contributed by atoms with E-state index in [-0.39, 0.29) is 11.8 Å². The molecule has 8 nitrogen and oxygen atoms in total. The Hall–Kier alpha value is -5.11. The molecule has 0 radical (unpaired) electrons. The quantitative estimate of drug-likeness (QED) is 0.247. The fourth-order valence-electron chi connectivity index (χ4n) is 4.44. The number of aromatic nitrogens is 1. The number of hydrogen-bond acceptors (Lipinski definition) is 6. The van der Waals surface area contributed by atoms with Gasteiger partial charge in [0.05, 0.1) is 25.4 Å². The van der Waals surface area contributed by atoms with E-state index in [1.807, 2.05) is 49.4 Å². The molecule has 0 fully saturated rings. The molecule has 0 bridgehead atoms. The van der Waals surface area contributed by atoms with Crippen molar-refractivity contribution >= 4 is 44.9 Å². The average Bonchev–Trinajstić information content (AvgIpc) is 2.94. The number of anilines is 2. The van der Waals surface area contributed by atoms with Crippen LogP contribution in [0.3, 0.4) is 0 Å². The van der Waals surface area contributed by atoms with Gasteiger partial charge in [-0.2, -0.15) is 0 Å². The molecule has 0 unspecified atom stereocenters.